The zero-order valence-corrected chi connectivity index (χ0v) is 8.99. The van der Waals surface area contributed by atoms with Crippen LogP contribution in [0.15, 0.2) is 18.2 Å². The Morgan fingerprint density at radius 1 is 1.25 bits per heavy atom. The average Bonchev–Trinajstić information content (AvgIpc) is 2.28. The quantitative estimate of drug-likeness (QED) is 0.572. The number of carbonyl (C=O) groups excluding carboxylic acids is 1. The van der Waals surface area contributed by atoms with Gasteiger partial charge >= 0.3 is 0 Å². The van der Waals surface area contributed by atoms with Crippen LogP contribution < -0.4 is 4.74 Å². The smallest absolute Gasteiger partial charge is 0.150 e. The molecule has 0 bridgehead atoms. The summed E-state index contributed by atoms with van der Waals surface area (Å²) in [6.07, 6.45) is 2.99. The summed E-state index contributed by atoms with van der Waals surface area (Å²) in [5.41, 5.74) is 0.269. The van der Waals surface area contributed by atoms with Crippen LogP contribution in [0.2, 0.25) is 0 Å². The molecule has 1 rings (SSSR count). The minimum atomic E-state index is -0.477. The number of aliphatic hydroxyl groups is 1. The first-order valence-corrected chi connectivity index (χ1v) is 5.25. The highest BCUT2D eigenvalue weighted by Crippen LogP contribution is 2.15. The van der Waals surface area contributed by atoms with Crippen molar-refractivity contribution in [2.45, 2.75) is 19.3 Å². The molecule has 1 aromatic carbocycles. The van der Waals surface area contributed by atoms with Crippen molar-refractivity contribution >= 4 is 6.29 Å². The zero-order chi connectivity index (χ0) is 11.8. The van der Waals surface area contributed by atoms with Gasteiger partial charge in [-0.1, -0.05) is 0 Å². The summed E-state index contributed by atoms with van der Waals surface area (Å²) >= 11 is 0. The second-order valence-corrected chi connectivity index (χ2v) is 3.47. The van der Waals surface area contributed by atoms with Crippen molar-refractivity contribution in [1.29, 1.82) is 0 Å². The van der Waals surface area contributed by atoms with E-state index in [0.717, 1.165) is 25.3 Å². The topological polar surface area (TPSA) is 46.5 Å². The SMILES string of the molecule is O=Cc1cc(F)cc(OCCCCCO)c1. The van der Waals surface area contributed by atoms with E-state index in [1.165, 1.54) is 12.1 Å². The molecule has 4 heteroatoms. The Bertz CT molecular complexity index is 339. The molecule has 0 radical (unpaired) electrons. The number of hydrogen-bond donors (Lipinski definition) is 1. The number of aliphatic hydroxyl groups excluding tert-OH is 1. The monoisotopic (exact) mass is 226 g/mol. The fraction of sp³-hybridized carbons (Fsp3) is 0.417. The normalized spacial score (nSPS) is 10.1. The summed E-state index contributed by atoms with van der Waals surface area (Å²) in [7, 11) is 0. The summed E-state index contributed by atoms with van der Waals surface area (Å²) in [6, 6.07) is 3.91. The Kier molecular flexibility index (Phi) is 5.50. The van der Waals surface area contributed by atoms with Gasteiger partial charge in [-0.2, -0.15) is 0 Å². The molecule has 0 aliphatic carbocycles. The van der Waals surface area contributed by atoms with Crippen molar-refractivity contribution in [2.24, 2.45) is 0 Å². The molecular formula is C12H15FO3. The number of hydrogen-bond acceptors (Lipinski definition) is 3. The standard InChI is InChI=1S/C12H15FO3/c13-11-6-10(9-15)7-12(8-11)16-5-3-1-2-4-14/h6-9,14H,1-5H2. The molecule has 0 saturated carbocycles. The Hall–Kier alpha value is -1.42. The maximum atomic E-state index is 13.0. The third-order valence-corrected chi connectivity index (χ3v) is 2.10. The number of ether oxygens (including phenoxy) is 1. The van der Waals surface area contributed by atoms with Crippen LogP contribution in [0.4, 0.5) is 4.39 Å². The molecule has 0 spiro atoms. The average molecular weight is 226 g/mol. The van der Waals surface area contributed by atoms with Crippen LogP contribution in [0, 0.1) is 5.82 Å². The maximum absolute atomic E-state index is 13.0. The first kappa shape index (κ1) is 12.6. The molecule has 0 unspecified atom stereocenters. The third kappa shape index (κ3) is 4.40. The molecule has 0 heterocycles. The van der Waals surface area contributed by atoms with Gasteiger partial charge in [0.2, 0.25) is 0 Å². The second kappa shape index (κ2) is 6.95. The van der Waals surface area contributed by atoms with Crippen LogP contribution in [0.3, 0.4) is 0 Å². The van der Waals surface area contributed by atoms with E-state index in [0.29, 0.717) is 18.6 Å². The fourth-order valence-corrected chi connectivity index (χ4v) is 1.32. The van der Waals surface area contributed by atoms with Crippen LogP contribution >= 0.6 is 0 Å². The van der Waals surface area contributed by atoms with E-state index in [1.54, 1.807) is 0 Å². The molecule has 3 nitrogen and oxygen atoms in total. The lowest BCUT2D eigenvalue weighted by Crippen LogP contribution is -1.99. The summed E-state index contributed by atoms with van der Waals surface area (Å²) in [4.78, 5) is 10.5. The fourth-order valence-electron chi connectivity index (χ4n) is 1.32. The lowest BCUT2D eigenvalue weighted by molar-refractivity contribution is 0.112. The third-order valence-electron chi connectivity index (χ3n) is 2.10. The van der Waals surface area contributed by atoms with Crippen molar-refractivity contribution < 1.29 is 19.0 Å². The predicted molar refractivity (Wildman–Crippen MR) is 58.2 cm³/mol. The Morgan fingerprint density at radius 3 is 2.75 bits per heavy atom. The van der Waals surface area contributed by atoms with Crippen molar-refractivity contribution in [2.75, 3.05) is 13.2 Å². The molecule has 0 saturated heterocycles. The predicted octanol–water partition coefficient (Wildman–Crippen LogP) is 2.18. The molecule has 0 aliphatic heterocycles. The highest BCUT2D eigenvalue weighted by molar-refractivity contribution is 5.75. The van der Waals surface area contributed by atoms with Crippen molar-refractivity contribution in [3.05, 3.63) is 29.6 Å². The summed E-state index contributed by atoms with van der Waals surface area (Å²) in [5.74, 6) is -0.110. The molecule has 0 amide bonds. The van der Waals surface area contributed by atoms with Crippen molar-refractivity contribution in [1.82, 2.24) is 0 Å². The van der Waals surface area contributed by atoms with E-state index >= 15 is 0 Å². The number of aldehydes is 1. The van der Waals surface area contributed by atoms with Gasteiger partial charge in [-0.3, -0.25) is 4.79 Å². The molecule has 1 aromatic rings. The van der Waals surface area contributed by atoms with Crippen LogP contribution in [0.5, 0.6) is 5.75 Å². The number of halogens is 1. The zero-order valence-electron chi connectivity index (χ0n) is 8.99. The van der Waals surface area contributed by atoms with E-state index in [1.807, 2.05) is 0 Å². The number of unbranched alkanes of at least 4 members (excludes halogenated alkanes) is 2. The van der Waals surface area contributed by atoms with E-state index in [9.17, 15) is 9.18 Å². The van der Waals surface area contributed by atoms with Gasteiger partial charge < -0.3 is 9.84 Å². The van der Waals surface area contributed by atoms with Crippen LogP contribution in [0.1, 0.15) is 29.6 Å². The van der Waals surface area contributed by atoms with Gasteiger partial charge in [-0.05, 0) is 31.4 Å². The first-order chi connectivity index (χ1) is 7.76. The van der Waals surface area contributed by atoms with Gasteiger partial charge in [-0.25, -0.2) is 4.39 Å². The highest BCUT2D eigenvalue weighted by Gasteiger charge is 2.01. The Morgan fingerprint density at radius 2 is 2.06 bits per heavy atom. The molecule has 16 heavy (non-hydrogen) atoms. The molecule has 0 fully saturated rings. The van der Waals surface area contributed by atoms with Crippen LogP contribution in [-0.2, 0) is 0 Å². The first-order valence-electron chi connectivity index (χ1n) is 5.25. The lowest BCUT2D eigenvalue weighted by Gasteiger charge is -2.06. The summed E-state index contributed by atoms with van der Waals surface area (Å²) < 4.78 is 18.3. The summed E-state index contributed by atoms with van der Waals surface area (Å²) in [5, 5.41) is 8.56. The molecule has 0 atom stereocenters. The second-order valence-electron chi connectivity index (χ2n) is 3.47. The lowest BCUT2D eigenvalue weighted by atomic mass is 10.2. The van der Waals surface area contributed by atoms with Crippen LogP contribution in [-0.4, -0.2) is 24.6 Å². The molecule has 1 N–H and O–H groups in total. The Balaban J connectivity index is 2.41. The maximum Gasteiger partial charge on any atom is 0.150 e. The van der Waals surface area contributed by atoms with Gasteiger partial charge in [-0.15, -0.1) is 0 Å². The van der Waals surface area contributed by atoms with Gasteiger partial charge in [0.05, 0.1) is 6.61 Å². The van der Waals surface area contributed by atoms with Gasteiger partial charge in [0.25, 0.3) is 0 Å². The summed E-state index contributed by atoms with van der Waals surface area (Å²) in [6.45, 7) is 0.636. The van der Waals surface area contributed by atoms with E-state index in [2.05, 4.69) is 0 Å². The highest BCUT2D eigenvalue weighted by atomic mass is 19.1. The number of carbonyl (C=O) groups is 1. The van der Waals surface area contributed by atoms with E-state index in [4.69, 9.17) is 9.84 Å². The number of rotatable bonds is 7. The minimum Gasteiger partial charge on any atom is -0.493 e. The molecule has 88 valence electrons. The van der Waals surface area contributed by atoms with Gasteiger partial charge in [0.1, 0.15) is 17.9 Å². The number of benzene rings is 1. The molecule has 0 aliphatic rings. The van der Waals surface area contributed by atoms with E-state index in [-0.39, 0.29) is 12.2 Å². The minimum absolute atomic E-state index is 0.176. The van der Waals surface area contributed by atoms with Gasteiger partial charge in [0, 0.05) is 18.2 Å². The van der Waals surface area contributed by atoms with Crippen LogP contribution in [0.25, 0.3) is 0 Å². The largest absolute Gasteiger partial charge is 0.493 e. The van der Waals surface area contributed by atoms with E-state index < -0.39 is 5.82 Å². The molecular weight excluding hydrogens is 211 g/mol. The Labute approximate surface area is 93.9 Å². The van der Waals surface area contributed by atoms with Gasteiger partial charge in [0.15, 0.2) is 0 Å². The van der Waals surface area contributed by atoms with Crippen molar-refractivity contribution in [3.8, 4) is 5.75 Å². The van der Waals surface area contributed by atoms with Crippen molar-refractivity contribution in [3.63, 3.8) is 0 Å². The molecule has 0 aromatic heterocycles.